The third-order valence-corrected chi connectivity index (χ3v) is 6.76. The van der Waals surface area contributed by atoms with Crippen LogP contribution in [0.15, 0.2) is 61.5 Å². The zero-order valence-corrected chi connectivity index (χ0v) is 16.8. The lowest BCUT2D eigenvalue weighted by atomic mass is 10.2. The Bertz CT molecular complexity index is 977. The summed E-state index contributed by atoms with van der Waals surface area (Å²) in [6, 6.07) is 13.2. The molecule has 144 valence electrons. The van der Waals surface area contributed by atoms with E-state index in [9.17, 15) is 8.42 Å². The van der Waals surface area contributed by atoms with Gasteiger partial charge in [-0.3, -0.25) is 4.99 Å². The Morgan fingerprint density at radius 3 is 2.74 bits per heavy atom. The van der Waals surface area contributed by atoms with Crippen molar-refractivity contribution < 1.29 is 12.8 Å². The van der Waals surface area contributed by atoms with Crippen LogP contribution in [0.25, 0.3) is 11.0 Å². The molecule has 0 aliphatic carbocycles. The Balaban J connectivity index is 1.51. The summed E-state index contributed by atoms with van der Waals surface area (Å²) in [6.07, 6.45) is 0. The number of furan rings is 1. The fourth-order valence-corrected chi connectivity index (χ4v) is 4.72. The standard InChI is InChI=1S/C18H22N4O3S2/c1-19-18(20-9-10-21-27(23,24)17-8-5-11-26-17)22(2)13-15-12-14-6-3-4-7-16(14)25-15/h3-8,11-12,21H,9-10,13H2,1-2H3,(H,19,20). The van der Waals surface area contributed by atoms with Crippen molar-refractivity contribution in [2.24, 2.45) is 4.99 Å². The van der Waals surface area contributed by atoms with Gasteiger partial charge in [-0.2, -0.15) is 0 Å². The van der Waals surface area contributed by atoms with Gasteiger partial charge in [-0.05, 0) is 23.6 Å². The van der Waals surface area contributed by atoms with E-state index < -0.39 is 10.0 Å². The summed E-state index contributed by atoms with van der Waals surface area (Å²) in [4.78, 5) is 6.16. The summed E-state index contributed by atoms with van der Waals surface area (Å²) in [6.45, 7) is 1.23. The first-order valence-corrected chi connectivity index (χ1v) is 10.8. The number of guanidine groups is 1. The maximum Gasteiger partial charge on any atom is 0.250 e. The highest BCUT2D eigenvalue weighted by molar-refractivity contribution is 7.91. The third kappa shape index (κ3) is 4.88. The highest BCUT2D eigenvalue weighted by Crippen LogP contribution is 2.19. The van der Waals surface area contributed by atoms with Crippen LogP contribution < -0.4 is 10.0 Å². The molecule has 0 spiro atoms. The second kappa shape index (κ2) is 8.55. The molecule has 0 aliphatic rings. The molecule has 0 atom stereocenters. The Morgan fingerprint density at radius 2 is 2.04 bits per heavy atom. The number of hydrogen-bond donors (Lipinski definition) is 2. The van der Waals surface area contributed by atoms with Crippen LogP contribution in [0.1, 0.15) is 5.76 Å². The van der Waals surface area contributed by atoms with E-state index in [1.54, 1.807) is 24.6 Å². The monoisotopic (exact) mass is 406 g/mol. The van der Waals surface area contributed by atoms with Gasteiger partial charge in [0, 0.05) is 32.6 Å². The van der Waals surface area contributed by atoms with Crippen LogP contribution in [0.3, 0.4) is 0 Å². The number of sulfonamides is 1. The predicted molar refractivity (Wildman–Crippen MR) is 109 cm³/mol. The van der Waals surface area contributed by atoms with E-state index in [4.69, 9.17) is 4.42 Å². The molecule has 3 aromatic rings. The topological polar surface area (TPSA) is 86.9 Å². The Labute approximate surface area is 162 Å². The van der Waals surface area contributed by atoms with E-state index in [0.717, 1.165) is 16.7 Å². The van der Waals surface area contributed by atoms with E-state index in [1.165, 1.54) is 11.3 Å². The van der Waals surface area contributed by atoms with Crippen molar-refractivity contribution in [2.45, 2.75) is 10.8 Å². The lowest BCUT2D eigenvalue weighted by Crippen LogP contribution is -2.42. The predicted octanol–water partition coefficient (Wildman–Crippen LogP) is 2.48. The molecule has 27 heavy (non-hydrogen) atoms. The summed E-state index contributed by atoms with van der Waals surface area (Å²) in [5, 5.41) is 5.95. The molecule has 9 heteroatoms. The quantitative estimate of drug-likeness (QED) is 0.358. The number of para-hydroxylation sites is 1. The van der Waals surface area contributed by atoms with Crippen LogP contribution in [-0.4, -0.2) is 46.5 Å². The molecule has 3 rings (SSSR count). The molecule has 0 unspecified atom stereocenters. The van der Waals surface area contributed by atoms with Gasteiger partial charge in [0.15, 0.2) is 5.96 Å². The average Bonchev–Trinajstić information content (AvgIpc) is 3.31. The van der Waals surface area contributed by atoms with E-state index >= 15 is 0 Å². The van der Waals surface area contributed by atoms with Gasteiger partial charge in [-0.15, -0.1) is 11.3 Å². The van der Waals surface area contributed by atoms with E-state index in [0.29, 0.717) is 23.3 Å². The number of rotatable bonds is 7. The molecule has 2 heterocycles. The smallest absolute Gasteiger partial charge is 0.250 e. The number of thiophene rings is 1. The number of hydrogen-bond acceptors (Lipinski definition) is 5. The normalized spacial score (nSPS) is 12.4. The molecule has 0 saturated heterocycles. The Morgan fingerprint density at radius 1 is 1.22 bits per heavy atom. The van der Waals surface area contributed by atoms with Gasteiger partial charge in [0.25, 0.3) is 0 Å². The molecule has 1 aromatic carbocycles. The summed E-state index contributed by atoms with van der Waals surface area (Å²) in [5.74, 6) is 1.49. The van der Waals surface area contributed by atoms with Crippen LogP contribution in [0, 0.1) is 0 Å². The summed E-state index contributed by atoms with van der Waals surface area (Å²) in [7, 11) is 0.144. The van der Waals surface area contributed by atoms with Gasteiger partial charge in [0.2, 0.25) is 10.0 Å². The number of benzene rings is 1. The highest BCUT2D eigenvalue weighted by atomic mass is 32.2. The fourth-order valence-electron chi connectivity index (χ4n) is 2.66. The molecular formula is C18H22N4O3S2. The highest BCUT2D eigenvalue weighted by Gasteiger charge is 2.14. The van der Waals surface area contributed by atoms with E-state index in [-0.39, 0.29) is 6.54 Å². The third-order valence-electron chi connectivity index (χ3n) is 3.90. The van der Waals surface area contributed by atoms with Gasteiger partial charge in [0.05, 0.1) is 6.54 Å². The van der Waals surface area contributed by atoms with Crippen LogP contribution in [0.5, 0.6) is 0 Å². The first kappa shape index (κ1) is 19.4. The van der Waals surface area contributed by atoms with Crippen molar-refractivity contribution in [2.75, 3.05) is 27.2 Å². The van der Waals surface area contributed by atoms with Gasteiger partial charge in [0.1, 0.15) is 15.6 Å². The minimum atomic E-state index is -3.45. The fraction of sp³-hybridized carbons (Fsp3) is 0.278. The Kier molecular flexibility index (Phi) is 6.15. The largest absolute Gasteiger partial charge is 0.459 e. The van der Waals surface area contributed by atoms with Gasteiger partial charge in [-0.1, -0.05) is 24.3 Å². The molecule has 0 saturated carbocycles. The number of aliphatic imine (C=N–C) groups is 1. The number of fused-ring (bicyclic) bond motifs is 1. The summed E-state index contributed by atoms with van der Waals surface area (Å²) >= 11 is 1.19. The maximum atomic E-state index is 12.1. The van der Waals surface area contributed by atoms with E-state index in [2.05, 4.69) is 15.0 Å². The maximum absolute atomic E-state index is 12.1. The molecular weight excluding hydrogens is 384 g/mol. The molecule has 0 radical (unpaired) electrons. The van der Waals surface area contributed by atoms with Crippen molar-refractivity contribution in [3.8, 4) is 0 Å². The lowest BCUT2D eigenvalue weighted by molar-refractivity contribution is 0.413. The van der Waals surface area contributed by atoms with Crippen LogP contribution in [0.2, 0.25) is 0 Å². The number of nitrogens with one attached hydrogen (secondary N) is 2. The molecule has 0 amide bonds. The second-order valence-electron chi connectivity index (χ2n) is 5.91. The van der Waals surface area contributed by atoms with Gasteiger partial charge >= 0.3 is 0 Å². The molecule has 2 N–H and O–H groups in total. The van der Waals surface area contributed by atoms with Crippen molar-refractivity contribution in [1.82, 2.24) is 14.9 Å². The van der Waals surface area contributed by atoms with Crippen LogP contribution >= 0.6 is 11.3 Å². The van der Waals surface area contributed by atoms with Crippen molar-refractivity contribution >= 4 is 38.3 Å². The van der Waals surface area contributed by atoms with Crippen molar-refractivity contribution in [3.63, 3.8) is 0 Å². The first-order chi connectivity index (χ1) is 13.0. The molecule has 0 fully saturated rings. The molecule has 2 aromatic heterocycles. The molecule has 0 aliphatic heterocycles. The van der Waals surface area contributed by atoms with Crippen LogP contribution in [0.4, 0.5) is 0 Å². The number of nitrogens with zero attached hydrogens (tertiary/aromatic N) is 2. The van der Waals surface area contributed by atoms with E-state index in [1.807, 2.05) is 42.3 Å². The summed E-state index contributed by atoms with van der Waals surface area (Å²) in [5.41, 5.74) is 0.854. The lowest BCUT2D eigenvalue weighted by Gasteiger charge is -2.21. The molecule has 7 nitrogen and oxygen atoms in total. The van der Waals surface area contributed by atoms with Gasteiger partial charge < -0.3 is 14.6 Å². The minimum Gasteiger partial charge on any atom is -0.459 e. The van der Waals surface area contributed by atoms with Crippen molar-refractivity contribution in [3.05, 3.63) is 53.6 Å². The Hall–Kier alpha value is -2.36. The minimum absolute atomic E-state index is 0.262. The zero-order valence-electron chi connectivity index (χ0n) is 15.2. The first-order valence-electron chi connectivity index (χ1n) is 8.42. The SMILES string of the molecule is CN=C(NCCNS(=O)(=O)c1cccs1)N(C)Cc1cc2ccccc2o1. The second-order valence-corrected chi connectivity index (χ2v) is 8.85. The molecule has 0 bridgehead atoms. The zero-order chi connectivity index (χ0) is 19.3. The summed E-state index contributed by atoms with van der Waals surface area (Å²) < 4.78 is 32.9. The average molecular weight is 407 g/mol. The van der Waals surface area contributed by atoms with Crippen LogP contribution in [-0.2, 0) is 16.6 Å². The van der Waals surface area contributed by atoms with Crippen molar-refractivity contribution in [1.29, 1.82) is 0 Å². The van der Waals surface area contributed by atoms with Gasteiger partial charge in [-0.25, -0.2) is 13.1 Å².